The molecular weight excluding hydrogens is 200 g/mol. The van der Waals surface area contributed by atoms with Crippen molar-refractivity contribution >= 4 is 11.5 Å². The minimum absolute atomic E-state index is 0.520. The predicted octanol–water partition coefficient (Wildman–Crippen LogP) is 2.33. The fourth-order valence-corrected chi connectivity index (χ4v) is 2.18. The largest absolute Gasteiger partial charge is 0.367 e. The summed E-state index contributed by atoms with van der Waals surface area (Å²) in [6.07, 6.45) is 7.79. The number of nitrogens with zero attached hydrogens (tertiary/aromatic N) is 3. The molecule has 1 aliphatic carbocycles. The maximum absolute atomic E-state index is 4.51. The Kier molecular flexibility index (Phi) is 2.27. The molecule has 0 aliphatic heterocycles. The van der Waals surface area contributed by atoms with Gasteiger partial charge >= 0.3 is 0 Å². The van der Waals surface area contributed by atoms with Crippen molar-refractivity contribution in [2.24, 2.45) is 5.92 Å². The number of anilines is 1. The summed E-state index contributed by atoms with van der Waals surface area (Å²) in [5.41, 5.74) is 0.894. The van der Waals surface area contributed by atoms with Gasteiger partial charge in [-0.05, 0) is 31.7 Å². The monoisotopic (exact) mass is 216 g/mol. The molecule has 1 saturated carbocycles. The molecule has 1 N–H and O–H groups in total. The van der Waals surface area contributed by atoms with Gasteiger partial charge in [0.05, 0.1) is 6.20 Å². The third-order valence-corrected chi connectivity index (χ3v) is 3.49. The summed E-state index contributed by atoms with van der Waals surface area (Å²) in [5, 5.41) is 7.60. The molecular formula is C12H16N4. The molecule has 0 saturated heterocycles. The van der Waals surface area contributed by atoms with E-state index >= 15 is 0 Å². The van der Waals surface area contributed by atoms with Gasteiger partial charge in [-0.25, -0.2) is 9.50 Å². The van der Waals surface area contributed by atoms with Crippen LogP contribution in [0.2, 0.25) is 0 Å². The summed E-state index contributed by atoms with van der Waals surface area (Å²) in [7, 11) is 0. The topological polar surface area (TPSA) is 42.2 Å². The molecule has 0 aromatic carbocycles. The van der Waals surface area contributed by atoms with Crippen molar-refractivity contribution in [3.8, 4) is 0 Å². The number of hydrogen-bond acceptors (Lipinski definition) is 3. The molecule has 1 fully saturated rings. The van der Waals surface area contributed by atoms with Crippen LogP contribution in [0.25, 0.3) is 5.65 Å². The Morgan fingerprint density at radius 3 is 3.06 bits per heavy atom. The molecule has 1 unspecified atom stereocenters. The van der Waals surface area contributed by atoms with Crippen LogP contribution in [-0.4, -0.2) is 20.6 Å². The third-order valence-electron chi connectivity index (χ3n) is 3.49. The highest BCUT2D eigenvalue weighted by molar-refractivity contribution is 5.45. The van der Waals surface area contributed by atoms with Gasteiger partial charge in [-0.2, -0.15) is 5.10 Å². The van der Waals surface area contributed by atoms with Crippen molar-refractivity contribution in [2.45, 2.75) is 32.2 Å². The molecule has 2 aromatic heterocycles. The zero-order valence-corrected chi connectivity index (χ0v) is 9.43. The first-order valence-electron chi connectivity index (χ1n) is 5.90. The molecule has 3 rings (SSSR count). The molecule has 0 bridgehead atoms. The molecule has 4 nitrogen and oxygen atoms in total. The lowest BCUT2D eigenvalue weighted by atomic mass is 9.80. The van der Waals surface area contributed by atoms with Crippen LogP contribution in [0.15, 0.2) is 24.5 Å². The highest BCUT2D eigenvalue weighted by Gasteiger charge is 2.23. The second kappa shape index (κ2) is 3.77. The van der Waals surface area contributed by atoms with E-state index in [1.807, 2.05) is 18.3 Å². The highest BCUT2D eigenvalue weighted by atomic mass is 15.2. The van der Waals surface area contributed by atoms with E-state index in [0.29, 0.717) is 6.04 Å². The van der Waals surface area contributed by atoms with Crippen molar-refractivity contribution in [3.63, 3.8) is 0 Å². The molecule has 0 radical (unpaired) electrons. The van der Waals surface area contributed by atoms with Gasteiger partial charge in [0.1, 0.15) is 5.82 Å². The van der Waals surface area contributed by atoms with Crippen molar-refractivity contribution in [2.75, 3.05) is 5.32 Å². The van der Waals surface area contributed by atoms with Gasteiger partial charge in [-0.15, -0.1) is 0 Å². The average Bonchev–Trinajstić information content (AvgIpc) is 2.61. The lowest BCUT2D eigenvalue weighted by Crippen LogP contribution is -2.31. The first-order chi connectivity index (χ1) is 7.83. The van der Waals surface area contributed by atoms with Crippen molar-refractivity contribution in [1.29, 1.82) is 0 Å². The smallest absolute Gasteiger partial charge is 0.157 e. The third kappa shape index (κ3) is 1.64. The second-order valence-corrected chi connectivity index (χ2v) is 4.57. The fraction of sp³-hybridized carbons (Fsp3) is 0.500. The van der Waals surface area contributed by atoms with Gasteiger partial charge in [-0.3, -0.25) is 0 Å². The summed E-state index contributed by atoms with van der Waals surface area (Å²) < 4.78 is 1.78. The quantitative estimate of drug-likeness (QED) is 0.856. The zero-order chi connectivity index (χ0) is 11.0. The summed E-state index contributed by atoms with van der Waals surface area (Å²) >= 11 is 0. The normalized spacial score (nSPS) is 18.3. The van der Waals surface area contributed by atoms with Gasteiger partial charge < -0.3 is 5.32 Å². The standard InChI is InChI=1S/C12H16N4/c1-9(10-3-2-4-10)14-11-6-8-16-12(15-11)5-7-13-16/h5-10H,2-4H2,1H3,(H,14,15). The maximum atomic E-state index is 4.51. The molecule has 1 atom stereocenters. The summed E-state index contributed by atoms with van der Waals surface area (Å²) in [6.45, 7) is 2.24. The van der Waals surface area contributed by atoms with E-state index in [0.717, 1.165) is 17.4 Å². The zero-order valence-electron chi connectivity index (χ0n) is 9.43. The Balaban J connectivity index is 1.77. The Bertz CT molecular complexity index is 486. The lowest BCUT2D eigenvalue weighted by Gasteiger charge is -2.32. The van der Waals surface area contributed by atoms with E-state index in [4.69, 9.17) is 0 Å². The van der Waals surface area contributed by atoms with Gasteiger partial charge in [0.15, 0.2) is 5.65 Å². The molecule has 0 amide bonds. The summed E-state index contributed by atoms with van der Waals surface area (Å²) in [4.78, 5) is 4.51. The van der Waals surface area contributed by atoms with E-state index in [1.54, 1.807) is 10.7 Å². The Morgan fingerprint density at radius 1 is 1.44 bits per heavy atom. The number of fused-ring (bicyclic) bond motifs is 1. The SMILES string of the molecule is CC(Nc1ccn2nccc2n1)C1CCC1. The number of nitrogens with one attached hydrogen (secondary N) is 1. The molecule has 84 valence electrons. The predicted molar refractivity (Wildman–Crippen MR) is 63.4 cm³/mol. The van der Waals surface area contributed by atoms with Crippen LogP contribution in [0, 0.1) is 5.92 Å². The summed E-state index contributed by atoms with van der Waals surface area (Å²) in [5.74, 6) is 1.77. The molecule has 0 spiro atoms. The molecule has 16 heavy (non-hydrogen) atoms. The van der Waals surface area contributed by atoms with Crippen LogP contribution in [-0.2, 0) is 0 Å². The van der Waals surface area contributed by atoms with Crippen molar-refractivity contribution in [3.05, 3.63) is 24.5 Å². The van der Waals surface area contributed by atoms with Crippen molar-refractivity contribution in [1.82, 2.24) is 14.6 Å². The van der Waals surface area contributed by atoms with Crippen LogP contribution in [0.5, 0.6) is 0 Å². The van der Waals surface area contributed by atoms with E-state index in [-0.39, 0.29) is 0 Å². The first-order valence-corrected chi connectivity index (χ1v) is 5.90. The second-order valence-electron chi connectivity index (χ2n) is 4.57. The van der Waals surface area contributed by atoms with E-state index < -0.39 is 0 Å². The first kappa shape index (κ1) is 9.63. The average molecular weight is 216 g/mol. The van der Waals surface area contributed by atoms with E-state index in [9.17, 15) is 0 Å². The van der Waals surface area contributed by atoms with Crippen LogP contribution in [0.1, 0.15) is 26.2 Å². The summed E-state index contributed by atoms with van der Waals surface area (Å²) in [6, 6.07) is 4.42. The number of hydrogen-bond donors (Lipinski definition) is 1. The number of rotatable bonds is 3. The van der Waals surface area contributed by atoms with Crippen LogP contribution < -0.4 is 5.32 Å². The van der Waals surface area contributed by atoms with Gasteiger partial charge in [0, 0.05) is 18.3 Å². The maximum Gasteiger partial charge on any atom is 0.157 e. The van der Waals surface area contributed by atoms with Crippen LogP contribution >= 0.6 is 0 Å². The lowest BCUT2D eigenvalue weighted by molar-refractivity contribution is 0.285. The Hall–Kier alpha value is -1.58. The minimum Gasteiger partial charge on any atom is -0.367 e. The Morgan fingerprint density at radius 2 is 2.31 bits per heavy atom. The Labute approximate surface area is 94.7 Å². The molecule has 2 aromatic rings. The molecule has 2 heterocycles. The minimum atomic E-state index is 0.520. The van der Waals surface area contributed by atoms with Gasteiger partial charge in [0.2, 0.25) is 0 Å². The molecule has 4 heteroatoms. The highest BCUT2D eigenvalue weighted by Crippen LogP contribution is 2.30. The van der Waals surface area contributed by atoms with Gasteiger partial charge in [0.25, 0.3) is 0 Å². The van der Waals surface area contributed by atoms with Crippen LogP contribution in [0.4, 0.5) is 5.82 Å². The van der Waals surface area contributed by atoms with E-state index in [1.165, 1.54) is 19.3 Å². The van der Waals surface area contributed by atoms with Crippen molar-refractivity contribution < 1.29 is 0 Å². The molecule has 1 aliphatic rings. The fourth-order valence-electron chi connectivity index (χ4n) is 2.18. The number of aromatic nitrogens is 3. The van der Waals surface area contributed by atoms with E-state index in [2.05, 4.69) is 22.3 Å². The van der Waals surface area contributed by atoms with Crippen LogP contribution in [0.3, 0.4) is 0 Å². The van der Waals surface area contributed by atoms with Gasteiger partial charge in [-0.1, -0.05) is 6.42 Å².